The standard InChI is InChI=1S/C13H15NO2/c15-13(9-5-2-1-3-6-9)14-10-7-4-8-11-12(10)16-11/h1-3,5-6,10-12H,4,7-8H2,(H,14,15)/t10-,11+,12-/m1/s1. The predicted molar refractivity (Wildman–Crippen MR) is 60.2 cm³/mol. The van der Waals surface area contributed by atoms with Crippen molar-refractivity contribution in [2.45, 2.75) is 37.5 Å². The number of rotatable bonds is 2. The van der Waals surface area contributed by atoms with Crippen LogP contribution in [0, 0.1) is 0 Å². The zero-order valence-electron chi connectivity index (χ0n) is 9.06. The van der Waals surface area contributed by atoms with Crippen molar-refractivity contribution in [1.29, 1.82) is 0 Å². The average Bonchev–Trinajstić information content (AvgIpc) is 3.10. The molecule has 0 radical (unpaired) electrons. The minimum Gasteiger partial charge on any atom is -0.367 e. The van der Waals surface area contributed by atoms with Gasteiger partial charge in [0.25, 0.3) is 5.91 Å². The van der Waals surface area contributed by atoms with Crippen molar-refractivity contribution in [3.8, 4) is 0 Å². The van der Waals surface area contributed by atoms with Crippen molar-refractivity contribution in [3.05, 3.63) is 35.9 Å². The highest BCUT2D eigenvalue weighted by atomic mass is 16.6. The molecule has 84 valence electrons. The summed E-state index contributed by atoms with van der Waals surface area (Å²) < 4.78 is 5.51. The van der Waals surface area contributed by atoms with Gasteiger partial charge in [-0.05, 0) is 31.4 Å². The van der Waals surface area contributed by atoms with E-state index in [1.165, 1.54) is 0 Å². The SMILES string of the molecule is O=C(N[C@@H]1CCC[C@@H]2O[C@@H]21)c1ccccc1. The maximum atomic E-state index is 11.9. The van der Waals surface area contributed by atoms with Crippen LogP contribution in [0.3, 0.4) is 0 Å². The van der Waals surface area contributed by atoms with Crippen molar-refractivity contribution in [2.24, 2.45) is 0 Å². The van der Waals surface area contributed by atoms with Gasteiger partial charge in [0, 0.05) is 5.56 Å². The van der Waals surface area contributed by atoms with E-state index in [1.807, 2.05) is 30.3 Å². The lowest BCUT2D eigenvalue weighted by atomic mass is 9.95. The van der Waals surface area contributed by atoms with Crippen LogP contribution in [-0.4, -0.2) is 24.2 Å². The molecule has 0 spiro atoms. The van der Waals surface area contributed by atoms with E-state index in [4.69, 9.17) is 4.74 Å². The van der Waals surface area contributed by atoms with E-state index in [0.717, 1.165) is 24.8 Å². The highest BCUT2D eigenvalue weighted by Crippen LogP contribution is 2.36. The maximum Gasteiger partial charge on any atom is 0.251 e. The summed E-state index contributed by atoms with van der Waals surface area (Å²) >= 11 is 0. The lowest BCUT2D eigenvalue weighted by Crippen LogP contribution is -2.41. The number of nitrogens with one attached hydrogen (secondary N) is 1. The molecular formula is C13H15NO2. The van der Waals surface area contributed by atoms with Gasteiger partial charge < -0.3 is 10.1 Å². The first-order chi connectivity index (χ1) is 7.84. The number of carbonyl (C=O) groups excluding carboxylic acids is 1. The lowest BCUT2D eigenvalue weighted by Gasteiger charge is -2.19. The molecule has 3 rings (SSSR count). The number of hydrogen-bond acceptors (Lipinski definition) is 2. The smallest absolute Gasteiger partial charge is 0.251 e. The van der Waals surface area contributed by atoms with Crippen LogP contribution in [0.15, 0.2) is 30.3 Å². The van der Waals surface area contributed by atoms with Crippen molar-refractivity contribution < 1.29 is 9.53 Å². The fourth-order valence-corrected chi connectivity index (χ4v) is 2.44. The minimum absolute atomic E-state index is 0.0155. The molecule has 16 heavy (non-hydrogen) atoms. The van der Waals surface area contributed by atoms with Crippen molar-refractivity contribution >= 4 is 5.91 Å². The topological polar surface area (TPSA) is 41.6 Å². The van der Waals surface area contributed by atoms with Gasteiger partial charge in [-0.3, -0.25) is 4.79 Å². The third kappa shape index (κ3) is 1.83. The molecule has 3 heteroatoms. The molecule has 2 aliphatic rings. The zero-order valence-corrected chi connectivity index (χ0v) is 9.06. The summed E-state index contributed by atoms with van der Waals surface area (Å²) in [5.41, 5.74) is 0.727. The number of amides is 1. The van der Waals surface area contributed by atoms with Gasteiger partial charge in [0.2, 0.25) is 0 Å². The van der Waals surface area contributed by atoms with Gasteiger partial charge in [-0.1, -0.05) is 18.2 Å². The van der Waals surface area contributed by atoms with E-state index >= 15 is 0 Å². The second-order valence-corrected chi connectivity index (χ2v) is 4.52. The molecule has 1 N–H and O–H groups in total. The molecular weight excluding hydrogens is 202 g/mol. The molecule has 2 fully saturated rings. The number of epoxide rings is 1. The number of hydrogen-bond donors (Lipinski definition) is 1. The Hall–Kier alpha value is -1.35. The summed E-state index contributed by atoms with van der Waals surface area (Å²) in [6.07, 6.45) is 4.04. The monoisotopic (exact) mass is 217 g/mol. The number of fused-ring (bicyclic) bond motifs is 1. The Labute approximate surface area is 94.8 Å². The van der Waals surface area contributed by atoms with Crippen LogP contribution < -0.4 is 5.32 Å². The fraction of sp³-hybridized carbons (Fsp3) is 0.462. The molecule has 3 nitrogen and oxygen atoms in total. The van der Waals surface area contributed by atoms with Crippen LogP contribution in [0.1, 0.15) is 29.6 Å². The predicted octanol–water partition coefficient (Wildman–Crippen LogP) is 1.74. The Morgan fingerprint density at radius 1 is 1.25 bits per heavy atom. The summed E-state index contributed by atoms with van der Waals surface area (Å²) in [4.78, 5) is 11.9. The Morgan fingerprint density at radius 3 is 2.88 bits per heavy atom. The number of benzene rings is 1. The van der Waals surface area contributed by atoms with E-state index in [0.29, 0.717) is 6.10 Å². The first kappa shape index (κ1) is 9.85. The summed E-state index contributed by atoms with van der Waals surface area (Å²) in [6, 6.07) is 9.56. The molecule has 1 aliphatic carbocycles. The molecule has 0 aromatic heterocycles. The van der Waals surface area contributed by atoms with Crippen LogP contribution in [0.2, 0.25) is 0 Å². The van der Waals surface area contributed by atoms with E-state index in [-0.39, 0.29) is 18.1 Å². The minimum atomic E-state index is 0.0155. The van der Waals surface area contributed by atoms with E-state index in [2.05, 4.69) is 5.32 Å². The number of ether oxygens (including phenoxy) is 1. The average molecular weight is 217 g/mol. The van der Waals surface area contributed by atoms with Gasteiger partial charge in [-0.25, -0.2) is 0 Å². The molecule has 1 heterocycles. The second-order valence-electron chi connectivity index (χ2n) is 4.52. The van der Waals surface area contributed by atoms with Crippen LogP contribution in [0.4, 0.5) is 0 Å². The Bertz CT molecular complexity index is 390. The number of carbonyl (C=O) groups is 1. The molecule has 1 aromatic carbocycles. The van der Waals surface area contributed by atoms with Gasteiger partial charge >= 0.3 is 0 Å². The summed E-state index contributed by atoms with van der Waals surface area (Å²) in [6.45, 7) is 0. The highest BCUT2D eigenvalue weighted by Gasteiger charge is 2.47. The lowest BCUT2D eigenvalue weighted by molar-refractivity contribution is 0.0926. The second kappa shape index (κ2) is 3.91. The summed E-state index contributed by atoms with van der Waals surface area (Å²) in [7, 11) is 0. The summed E-state index contributed by atoms with van der Waals surface area (Å²) in [5, 5.41) is 3.06. The molecule has 1 amide bonds. The quantitative estimate of drug-likeness (QED) is 0.767. The van der Waals surface area contributed by atoms with Gasteiger partial charge in [0.15, 0.2) is 0 Å². The van der Waals surface area contributed by atoms with Crippen LogP contribution in [0.5, 0.6) is 0 Å². The molecule has 3 atom stereocenters. The van der Waals surface area contributed by atoms with Crippen molar-refractivity contribution in [2.75, 3.05) is 0 Å². The van der Waals surface area contributed by atoms with E-state index in [9.17, 15) is 4.79 Å². The van der Waals surface area contributed by atoms with Crippen LogP contribution in [-0.2, 0) is 4.74 Å². The first-order valence-corrected chi connectivity index (χ1v) is 5.86. The van der Waals surface area contributed by atoms with Crippen molar-refractivity contribution in [3.63, 3.8) is 0 Å². The molecule has 1 saturated carbocycles. The van der Waals surface area contributed by atoms with Gasteiger partial charge in [0.05, 0.1) is 12.1 Å². The fourth-order valence-electron chi connectivity index (χ4n) is 2.44. The zero-order chi connectivity index (χ0) is 11.0. The normalized spacial score (nSPS) is 31.6. The van der Waals surface area contributed by atoms with Crippen LogP contribution in [0.25, 0.3) is 0 Å². The maximum absolute atomic E-state index is 11.9. The van der Waals surface area contributed by atoms with Gasteiger partial charge in [-0.2, -0.15) is 0 Å². The Balaban J connectivity index is 1.64. The van der Waals surface area contributed by atoms with Gasteiger partial charge in [-0.15, -0.1) is 0 Å². The molecule has 0 unspecified atom stereocenters. The van der Waals surface area contributed by atoms with Crippen LogP contribution >= 0.6 is 0 Å². The van der Waals surface area contributed by atoms with E-state index < -0.39 is 0 Å². The van der Waals surface area contributed by atoms with Crippen molar-refractivity contribution in [1.82, 2.24) is 5.32 Å². The largest absolute Gasteiger partial charge is 0.367 e. The molecule has 1 aliphatic heterocycles. The molecule has 1 saturated heterocycles. The Morgan fingerprint density at radius 2 is 2.06 bits per heavy atom. The molecule has 0 bridgehead atoms. The third-order valence-corrected chi connectivity index (χ3v) is 3.37. The van der Waals surface area contributed by atoms with E-state index in [1.54, 1.807) is 0 Å². The Kier molecular flexibility index (Phi) is 2.40. The van der Waals surface area contributed by atoms with Gasteiger partial charge in [0.1, 0.15) is 6.10 Å². The first-order valence-electron chi connectivity index (χ1n) is 5.86. The summed E-state index contributed by atoms with van der Waals surface area (Å²) in [5.74, 6) is 0.0155. The molecule has 1 aromatic rings. The highest BCUT2D eigenvalue weighted by molar-refractivity contribution is 5.94. The third-order valence-electron chi connectivity index (χ3n) is 3.37.